The normalized spacial score (nSPS) is 10.5. The topological polar surface area (TPSA) is 64.3 Å². The van der Waals surface area contributed by atoms with Gasteiger partial charge in [-0.1, -0.05) is 11.6 Å². The van der Waals surface area contributed by atoms with Crippen molar-refractivity contribution < 1.29 is 14.6 Å². The third kappa shape index (κ3) is 2.42. The van der Waals surface area contributed by atoms with Crippen molar-refractivity contribution in [3.05, 3.63) is 34.0 Å². The average Bonchev–Trinajstić information content (AvgIpc) is 2.60. The Kier molecular flexibility index (Phi) is 3.48. The summed E-state index contributed by atoms with van der Waals surface area (Å²) in [5.74, 6) is 0.615. The molecule has 0 saturated carbocycles. The maximum absolute atomic E-state index is 11.0. The minimum absolute atomic E-state index is 0.104. The SMILES string of the molecule is Cc1nn(C)c(Oc2cc(O)c(Cl)cc2C=O)c1C. The molecule has 0 aliphatic carbocycles. The molecular weight excluding hydrogens is 268 g/mol. The van der Waals surface area contributed by atoms with Gasteiger partial charge < -0.3 is 9.84 Å². The molecule has 19 heavy (non-hydrogen) atoms. The van der Waals surface area contributed by atoms with Gasteiger partial charge in [0.05, 0.1) is 16.3 Å². The van der Waals surface area contributed by atoms with Gasteiger partial charge in [0.2, 0.25) is 5.88 Å². The van der Waals surface area contributed by atoms with Crippen molar-refractivity contribution in [1.29, 1.82) is 0 Å². The summed E-state index contributed by atoms with van der Waals surface area (Å²) in [5, 5.41) is 13.9. The number of phenolic OH excluding ortho intramolecular Hbond substituents is 1. The first-order valence-corrected chi connectivity index (χ1v) is 5.97. The van der Waals surface area contributed by atoms with Crippen LogP contribution in [0.5, 0.6) is 17.4 Å². The zero-order valence-corrected chi connectivity index (χ0v) is 11.5. The highest BCUT2D eigenvalue weighted by Crippen LogP contribution is 2.34. The van der Waals surface area contributed by atoms with Gasteiger partial charge in [0.15, 0.2) is 6.29 Å². The molecule has 2 aromatic rings. The maximum Gasteiger partial charge on any atom is 0.220 e. The first kappa shape index (κ1) is 13.4. The van der Waals surface area contributed by atoms with Crippen LogP contribution in [0.25, 0.3) is 0 Å². The number of halogens is 1. The number of nitrogens with zero attached hydrogens (tertiary/aromatic N) is 2. The number of aldehydes is 1. The summed E-state index contributed by atoms with van der Waals surface area (Å²) >= 11 is 5.75. The summed E-state index contributed by atoms with van der Waals surface area (Å²) in [7, 11) is 1.74. The van der Waals surface area contributed by atoms with E-state index in [1.165, 1.54) is 12.1 Å². The molecule has 1 N–H and O–H groups in total. The van der Waals surface area contributed by atoms with Gasteiger partial charge >= 0.3 is 0 Å². The Bertz CT molecular complexity index is 650. The fourth-order valence-corrected chi connectivity index (χ4v) is 1.90. The summed E-state index contributed by atoms with van der Waals surface area (Å²) in [6.45, 7) is 3.73. The van der Waals surface area contributed by atoms with Gasteiger partial charge in [-0.15, -0.1) is 0 Å². The molecule has 1 aromatic carbocycles. The van der Waals surface area contributed by atoms with Crippen LogP contribution >= 0.6 is 11.6 Å². The first-order chi connectivity index (χ1) is 8.93. The fraction of sp³-hybridized carbons (Fsp3) is 0.231. The third-order valence-corrected chi connectivity index (χ3v) is 3.17. The predicted molar refractivity (Wildman–Crippen MR) is 71.3 cm³/mol. The molecule has 0 spiro atoms. The summed E-state index contributed by atoms with van der Waals surface area (Å²) < 4.78 is 7.24. The van der Waals surface area contributed by atoms with Gasteiger partial charge in [0, 0.05) is 18.7 Å². The molecular formula is C13H13ClN2O3. The quantitative estimate of drug-likeness (QED) is 0.878. The van der Waals surface area contributed by atoms with E-state index in [2.05, 4.69) is 5.10 Å². The van der Waals surface area contributed by atoms with Crippen molar-refractivity contribution in [2.75, 3.05) is 0 Å². The zero-order chi connectivity index (χ0) is 14.2. The van der Waals surface area contributed by atoms with Gasteiger partial charge in [0.1, 0.15) is 11.5 Å². The van der Waals surface area contributed by atoms with E-state index in [4.69, 9.17) is 16.3 Å². The van der Waals surface area contributed by atoms with E-state index in [9.17, 15) is 9.90 Å². The van der Waals surface area contributed by atoms with E-state index in [0.29, 0.717) is 12.2 Å². The Balaban J connectivity index is 2.48. The van der Waals surface area contributed by atoms with Crippen LogP contribution in [0.2, 0.25) is 5.02 Å². The Labute approximate surface area is 115 Å². The lowest BCUT2D eigenvalue weighted by atomic mass is 10.2. The molecule has 0 fully saturated rings. The molecule has 1 aromatic heterocycles. The van der Waals surface area contributed by atoms with Crippen LogP contribution in [-0.4, -0.2) is 21.2 Å². The van der Waals surface area contributed by atoms with Crippen LogP contribution in [0, 0.1) is 13.8 Å². The number of hydrogen-bond acceptors (Lipinski definition) is 4. The molecule has 100 valence electrons. The Morgan fingerprint density at radius 3 is 2.63 bits per heavy atom. The Hall–Kier alpha value is -2.01. The van der Waals surface area contributed by atoms with E-state index >= 15 is 0 Å². The van der Waals surface area contributed by atoms with Crippen molar-refractivity contribution in [1.82, 2.24) is 9.78 Å². The van der Waals surface area contributed by atoms with E-state index in [0.717, 1.165) is 11.3 Å². The number of carbonyl (C=O) groups excluding carboxylic acids is 1. The van der Waals surface area contributed by atoms with Gasteiger partial charge in [-0.3, -0.25) is 4.79 Å². The fourth-order valence-electron chi connectivity index (χ4n) is 1.73. The molecule has 1 heterocycles. The van der Waals surface area contributed by atoms with Gasteiger partial charge in [0.25, 0.3) is 0 Å². The molecule has 0 atom stereocenters. The third-order valence-electron chi connectivity index (χ3n) is 2.87. The second-order valence-corrected chi connectivity index (χ2v) is 4.61. The van der Waals surface area contributed by atoms with Crippen LogP contribution in [-0.2, 0) is 7.05 Å². The number of rotatable bonds is 3. The van der Waals surface area contributed by atoms with Crippen LogP contribution in [0.15, 0.2) is 12.1 Å². The first-order valence-electron chi connectivity index (χ1n) is 5.59. The number of benzene rings is 1. The summed E-state index contributed by atoms with van der Waals surface area (Å²) in [6.07, 6.45) is 0.624. The minimum Gasteiger partial charge on any atom is -0.506 e. The summed E-state index contributed by atoms with van der Waals surface area (Å²) in [6, 6.07) is 2.67. The van der Waals surface area contributed by atoms with E-state index in [1.807, 2.05) is 13.8 Å². The van der Waals surface area contributed by atoms with Gasteiger partial charge in [-0.25, -0.2) is 4.68 Å². The molecule has 0 amide bonds. The van der Waals surface area contributed by atoms with E-state index in [1.54, 1.807) is 11.7 Å². The molecule has 0 saturated heterocycles. The number of aromatic nitrogens is 2. The Morgan fingerprint density at radius 2 is 2.11 bits per heavy atom. The molecule has 0 unspecified atom stereocenters. The molecule has 0 aliphatic heterocycles. The lowest BCUT2D eigenvalue weighted by molar-refractivity contribution is 0.112. The smallest absolute Gasteiger partial charge is 0.220 e. The second kappa shape index (κ2) is 4.93. The monoisotopic (exact) mass is 280 g/mol. The number of phenols is 1. The lowest BCUT2D eigenvalue weighted by Gasteiger charge is -2.10. The summed E-state index contributed by atoms with van der Waals surface area (Å²) in [4.78, 5) is 11.0. The van der Waals surface area contributed by atoms with E-state index in [-0.39, 0.29) is 22.1 Å². The van der Waals surface area contributed by atoms with Crippen molar-refractivity contribution in [3.63, 3.8) is 0 Å². The molecule has 0 aliphatic rings. The van der Waals surface area contributed by atoms with E-state index < -0.39 is 0 Å². The largest absolute Gasteiger partial charge is 0.506 e. The molecule has 5 nitrogen and oxygen atoms in total. The number of ether oxygens (including phenoxy) is 1. The highest BCUT2D eigenvalue weighted by Gasteiger charge is 2.15. The second-order valence-electron chi connectivity index (χ2n) is 4.20. The molecule has 2 rings (SSSR count). The van der Waals surface area contributed by atoms with Crippen molar-refractivity contribution in [2.45, 2.75) is 13.8 Å². The maximum atomic E-state index is 11.0. The lowest BCUT2D eigenvalue weighted by Crippen LogP contribution is -1.98. The number of hydrogen-bond donors (Lipinski definition) is 1. The average molecular weight is 281 g/mol. The predicted octanol–water partition coefficient (Wildman–Crippen LogP) is 3.00. The number of carbonyl (C=O) groups is 1. The highest BCUT2D eigenvalue weighted by atomic mass is 35.5. The zero-order valence-electron chi connectivity index (χ0n) is 10.8. The van der Waals surface area contributed by atoms with Gasteiger partial charge in [-0.2, -0.15) is 5.10 Å². The van der Waals surface area contributed by atoms with Crippen molar-refractivity contribution in [2.24, 2.45) is 7.05 Å². The number of aryl methyl sites for hydroxylation is 2. The van der Waals surface area contributed by atoms with Crippen LogP contribution < -0.4 is 4.74 Å². The molecule has 0 radical (unpaired) electrons. The van der Waals surface area contributed by atoms with Crippen LogP contribution in [0.3, 0.4) is 0 Å². The van der Waals surface area contributed by atoms with Crippen molar-refractivity contribution in [3.8, 4) is 17.4 Å². The molecule has 0 bridgehead atoms. The minimum atomic E-state index is -0.140. The highest BCUT2D eigenvalue weighted by molar-refractivity contribution is 6.32. The molecule has 6 heteroatoms. The van der Waals surface area contributed by atoms with Crippen LogP contribution in [0.1, 0.15) is 21.6 Å². The van der Waals surface area contributed by atoms with Crippen molar-refractivity contribution >= 4 is 17.9 Å². The summed E-state index contributed by atoms with van der Waals surface area (Å²) in [5.41, 5.74) is 1.97. The van der Waals surface area contributed by atoms with Crippen LogP contribution in [0.4, 0.5) is 0 Å². The standard InChI is InChI=1S/C13H13ClN2O3/c1-7-8(2)15-16(3)13(7)19-12-5-11(18)10(14)4-9(12)6-17/h4-6,18H,1-3H3. The Morgan fingerprint density at radius 1 is 1.42 bits per heavy atom. The number of aromatic hydroxyl groups is 1. The van der Waals surface area contributed by atoms with Gasteiger partial charge in [-0.05, 0) is 19.9 Å².